The van der Waals surface area contributed by atoms with E-state index in [0.717, 1.165) is 12.0 Å². The molecule has 0 saturated heterocycles. The Balaban J connectivity index is 1.73. The highest BCUT2D eigenvalue weighted by Crippen LogP contribution is 2.36. The predicted octanol–water partition coefficient (Wildman–Crippen LogP) is 4.79. The van der Waals surface area contributed by atoms with E-state index in [9.17, 15) is 9.59 Å². The fourth-order valence-electron chi connectivity index (χ4n) is 3.74. The van der Waals surface area contributed by atoms with Crippen molar-refractivity contribution in [2.45, 2.75) is 26.4 Å². The Morgan fingerprint density at radius 1 is 0.939 bits per heavy atom. The second-order valence-corrected chi connectivity index (χ2v) is 7.52. The first kappa shape index (κ1) is 22.2. The molecule has 4 rings (SSSR count). The summed E-state index contributed by atoms with van der Waals surface area (Å²) in [4.78, 5) is 26.8. The van der Waals surface area contributed by atoms with Crippen molar-refractivity contribution in [1.29, 1.82) is 0 Å². The van der Waals surface area contributed by atoms with Crippen LogP contribution in [-0.4, -0.2) is 30.0 Å². The molecular formula is C26H27N3O4. The van der Waals surface area contributed by atoms with Crippen LogP contribution in [0.5, 0.6) is 11.5 Å². The molecule has 7 nitrogen and oxygen atoms in total. The summed E-state index contributed by atoms with van der Waals surface area (Å²) in [6.45, 7) is 4.85. The summed E-state index contributed by atoms with van der Waals surface area (Å²) >= 11 is 0. The van der Waals surface area contributed by atoms with Gasteiger partial charge in [0.05, 0.1) is 24.3 Å². The Hall–Kier alpha value is -4.00. The van der Waals surface area contributed by atoms with Crippen LogP contribution < -0.4 is 20.2 Å². The normalized spacial score (nSPS) is 14.8. The van der Waals surface area contributed by atoms with Gasteiger partial charge in [-0.2, -0.15) is 0 Å². The Kier molecular flexibility index (Phi) is 6.78. The molecule has 7 heteroatoms. The lowest BCUT2D eigenvalue weighted by atomic mass is 10.0. The first-order chi connectivity index (χ1) is 16.1. The summed E-state index contributed by atoms with van der Waals surface area (Å²) in [5.74, 6) is 0.351. The number of hydrogen-bond donors (Lipinski definition) is 2. The van der Waals surface area contributed by atoms with Crippen molar-refractivity contribution in [3.05, 3.63) is 89.5 Å². The first-order valence-electron chi connectivity index (χ1n) is 11.1. The van der Waals surface area contributed by atoms with Crippen molar-refractivity contribution >= 4 is 17.5 Å². The molecule has 170 valence electrons. The molecule has 0 radical (unpaired) electrons. The van der Waals surface area contributed by atoms with Crippen LogP contribution in [0.3, 0.4) is 0 Å². The minimum atomic E-state index is -0.663. The Morgan fingerprint density at radius 2 is 1.64 bits per heavy atom. The number of ether oxygens (including phenoxy) is 2. The van der Waals surface area contributed by atoms with E-state index >= 15 is 0 Å². The smallest absolute Gasteiger partial charge is 0.276 e. The van der Waals surface area contributed by atoms with Gasteiger partial charge in [0.25, 0.3) is 11.8 Å². The average Bonchev–Trinajstić information content (AvgIpc) is 2.85. The van der Waals surface area contributed by atoms with Gasteiger partial charge in [0, 0.05) is 11.3 Å². The molecule has 3 aromatic rings. The molecule has 1 heterocycles. The quantitative estimate of drug-likeness (QED) is 0.521. The SMILES string of the molecule is CCCOc1ccccc1[C@@H]1Nc2ccccc2C(=O)N1NC(=O)c1ccccc1OCC. The predicted molar refractivity (Wildman–Crippen MR) is 126 cm³/mol. The number of carbonyl (C=O) groups excluding carboxylic acids is 2. The zero-order valence-corrected chi connectivity index (χ0v) is 18.7. The Bertz CT molecular complexity index is 1150. The average molecular weight is 446 g/mol. The number of nitrogens with one attached hydrogen (secondary N) is 2. The standard InChI is InChI=1S/C26H27N3O4/c1-3-17-33-22-15-9-6-12-19(22)24-27-21-14-8-5-11-18(21)26(31)29(24)28-25(30)20-13-7-10-16-23(20)32-4-2/h5-16,24,27H,3-4,17H2,1-2H3,(H,28,30)/t24-/m1/s1. The summed E-state index contributed by atoms with van der Waals surface area (Å²) < 4.78 is 11.5. The lowest BCUT2D eigenvalue weighted by molar-refractivity contribution is 0.0486. The zero-order valence-electron chi connectivity index (χ0n) is 18.7. The lowest BCUT2D eigenvalue weighted by Crippen LogP contribution is -2.53. The van der Waals surface area contributed by atoms with Crippen LogP contribution in [0, 0.1) is 0 Å². The molecule has 0 aliphatic carbocycles. The van der Waals surface area contributed by atoms with Crippen LogP contribution in [0.25, 0.3) is 0 Å². The van der Waals surface area contributed by atoms with Gasteiger partial charge >= 0.3 is 0 Å². The van der Waals surface area contributed by atoms with E-state index in [-0.39, 0.29) is 5.91 Å². The molecule has 2 amide bonds. The van der Waals surface area contributed by atoms with Crippen molar-refractivity contribution in [3.8, 4) is 11.5 Å². The molecule has 2 N–H and O–H groups in total. The van der Waals surface area contributed by atoms with Crippen molar-refractivity contribution in [2.24, 2.45) is 0 Å². The number of carbonyl (C=O) groups is 2. The van der Waals surface area contributed by atoms with Gasteiger partial charge in [-0.1, -0.05) is 49.4 Å². The number of benzene rings is 3. The van der Waals surface area contributed by atoms with Crippen LogP contribution >= 0.6 is 0 Å². The van der Waals surface area contributed by atoms with Crippen LogP contribution in [0.2, 0.25) is 0 Å². The molecule has 3 aromatic carbocycles. The van der Waals surface area contributed by atoms with Gasteiger partial charge in [-0.25, -0.2) is 5.01 Å². The van der Waals surface area contributed by atoms with Crippen molar-refractivity contribution in [1.82, 2.24) is 10.4 Å². The second kappa shape index (κ2) is 10.1. The Labute approximate surface area is 193 Å². The fourth-order valence-corrected chi connectivity index (χ4v) is 3.74. The van der Waals surface area contributed by atoms with Gasteiger partial charge in [0.1, 0.15) is 11.5 Å². The fraction of sp³-hybridized carbons (Fsp3) is 0.231. The van der Waals surface area contributed by atoms with Crippen LogP contribution in [0.4, 0.5) is 5.69 Å². The van der Waals surface area contributed by atoms with Gasteiger partial charge in [-0.05, 0) is 43.7 Å². The maximum Gasteiger partial charge on any atom is 0.276 e. The number of rotatable bonds is 8. The molecule has 1 aliphatic rings. The van der Waals surface area contributed by atoms with Gasteiger partial charge in [-0.15, -0.1) is 0 Å². The minimum Gasteiger partial charge on any atom is -0.493 e. The largest absolute Gasteiger partial charge is 0.493 e. The Morgan fingerprint density at radius 3 is 2.42 bits per heavy atom. The number of anilines is 1. The third-order valence-corrected chi connectivity index (χ3v) is 5.26. The van der Waals surface area contributed by atoms with Crippen LogP contribution in [-0.2, 0) is 0 Å². The third kappa shape index (κ3) is 4.62. The van der Waals surface area contributed by atoms with E-state index in [2.05, 4.69) is 10.7 Å². The highest BCUT2D eigenvalue weighted by atomic mass is 16.5. The van der Waals surface area contributed by atoms with E-state index in [1.165, 1.54) is 5.01 Å². The van der Waals surface area contributed by atoms with Crippen LogP contribution in [0.15, 0.2) is 72.8 Å². The molecule has 0 aromatic heterocycles. The number of para-hydroxylation sites is 3. The summed E-state index contributed by atoms with van der Waals surface area (Å²) in [5, 5.41) is 4.71. The molecule has 0 spiro atoms. The summed E-state index contributed by atoms with van der Waals surface area (Å²) in [7, 11) is 0. The molecular weight excluding hydrogens is 418 g/mol. The number of fused-ring (bicyclic) bond motifs is 1. The molecule has 1 aliphatic heterocycles. The van der Waals surface area contributed by atoms with Crippen molar-refractivity contribution in [3.63, 3.8) is 0 Å². The zero-order chi connectivity index (χ0) is 23.2. The molecule has 33 heavy (non-hydrogen) atoms. The first-order valence-corrected chi connectivity index (χ1v) is 11.1. The lowest BCUT2D eigenvalue weighted by Gasteiger charge is -2.38. The highest BCUT2D eigenvalue weighted by Gasteiger charge is 2.36. The van der Waals surface area contributed by atoms with Crippen molar-refractivity contribution < 1.29 is 19.1 Å². The number of hydrazine groups is 1. The van der Waals surface area contributed by atoms with E-state index in [1.807, 2.05) is 50.2 Å². The molecule has 1 atom stereocenters. The second-order valence-electron chi connectivity index (χ2n) is 7.52. The molecule has 0 fully saturated rings. The molecule has 0 saturated carbocycles. The number of hydrogen-bond acceptors (Lipinski definition) is 5. The van der Waals surface area contributed by atoms with E-state index < -0.39 is 12.1 Å². The van der Waals surface area contributed by atoms with E-state index in [1.54, 1.807) is 36.4 Å². The van der Waals surface area contributed by atoms with Gasteiger partial charge < -0.3 is 14.8 Å². The van der Waals surface area contributed by atoms with Gasteiger partial charge in [0.15, 0.2) is 6.17 Å². The number of amides is 2. The maximum absolute atomic E-state index is 13.5. The summed E-state index contributed by atoms with van der Waals surface area (Å²) in [5.41, 5.74) is 5.06. The molecule has 0 bridgehead atoms. The summed E-state index contributed by atoms with van der Waals surface area (Å²) in [6, 6.07) is 21.7. The maximum atomic E-state index is 13.5. The summed E-state index contributed by atoms with van der Waals surface area (Å²) in [6.07, 6.45) is 0.187. The topological polar surface area (TPSA) is 79.9 Å². The van der Waals surface area contributed by atoms with Gasteiger partial charge in [-0.3, -0.25) is 15.0 Å². The van der Waals surface area contributed by atoms with Gasteiger partial charge in [0.2, 0.25) is 0 Å². The van der Waals surface area contributed by atoms with Crippen molar-refractivity contribution in [2.75, 3.05) is 18.5 Å². The third-order valence-electron chi connectivity index (χ3n) is 5.26. The van der Waals surface area contributed by atoms with E-state index in [4.69, 9.17) is 9.47 Å². The van der Waals surface area contributed by atoms with Crippen LogP contribution in [0.1, 0.15) is 52.7 Å². The number of nitrogens with zero attached hydrogens (tertiary/aromatic N) is 1. The van der Waals surface area contributed by atoms with E-state index in [0.29, 0.717) is 41.5 Å². The molecule has 0 unspecified atom stereocenters. The monoisotopic (exact) mass is 445 g/mol. The minimum absolute atomic E-state index is 0.318. The highest BCUT2D eigenvalue weighted by molar-refractivity contribution is 6.04.